The fourth-order valence-electron chi connectivity index (χ4n) is 1.81. The number of hydrogen-bond donors (Lipinski definition) is 3. The molecule has 0 saturated heterocycles. The van der Waals surface area contributed by atoms with Crippen molar-refractivity contribution in [2.45, 2.75) is 6.92 Å². The van der Waals surface area contributed by atoms with Crippen molar-refractivity contribution in [2.24, 2.45) is 0 Å². The maximum Gasteiger partial charge on any atom is 0.340 e. The fraction of sp³-hybridized carbons (Fsp3) is 0.462. The summed E-state index contributed by atoms with van der Waals surface area (Å²) in [6, 6.07) is 5.02. The second kappa shape index (κ2) is 7.60. The molecule has 0 fully saturated rings. The largest absolute Gasteiger partial charge is 0.462 e. The van der Waals surface area contributed by atoms with Crippen molar-refractivity contribution in [2.75, 3.05) is 43.5 Å². The summed E-state index contributed by atoms with van der Waals surface area (Å²) >= 11 is 0. The Balaban J connectivity index is 3.07. The van der Waals surface area contributed by atoms with Gasteiger partial charge in [0.05, 0.1) is 36.8 Å². The van der Waals surface area contributed by atoms with Gasteiger partial charge in [0.15, 0.2) is 0 Å². The van der Waals surface area contributed by atoms with Gasteiger partial charge in [-0.2, -0.15) is 0 Å². The molecule has 0 saturated carbocycles. The Bertz CT molecular complexity index is 417. The summed E-state index contributed by atoms with van der Waals surface area (Å²) in [7, 11) is 0. The van der Waals surface area contributed by atoms with Gasteiger partial charge in [-0.3, -0.25) is 0 Å². The van der Waals surface area contributed by atoms with E-state index in [1.807, 2.05) is 0 Å². The van der Waals surface area contributed by atoms with Gasteiger partial charge in [-0.1, -0.05) is 6.07 Å². The number of benzene rings is 1. The number of para-hydroxylation sites is 1. The van der Waals surface area contributed by atoms with Crippen LogP contribution in [0.1, 0.15) is 17.3 Å². The third kappa shape index (κ3) is 3.84. The number of anilines is 2. The van der Waals surface area contributed by atoms with Crippen molar-refractivity contribution in [3.8, 4) is 0 Å². The summed E-state index contributed by atoms with van der Waals surface area (Å²) < 4.78 is 4.93. The molecule has 0 bridgehead atoms. The summed E-state index contributed by atoms with van der Waals surface area (Å²) in [5.74, 6) is -0.477. The van der Waals surface area contributed by atoms with Crippen molar-refractivity contribution < 1.29 is 19.7 Å². The lowest BCUT2D eigenvalue weighted by Crippen LogP contribution is -2.30. The van der Waals surface area contributed by atoms with E-state index >= 15 is 0 Å². The highest BCUT2D eigenvalue weighted by atomic mass is 16.5. The van der Waals surface area contributed by atoms with Crippen LogP contribution >= 0.6 is 0 Å². The minimum absolute atomic E-state index is 0.0664. The molecule has 0 heterocycles. The molecule has 0 aromatic heterocycles. The zero-order chi connectivity index (χ0) is 14.3. The number of rotatable bonds is 7. The first-order valence-electron chi connectivity index (χ1n) is 6.18. The van der Waals surface area contributed by atoms with E-state index in [1.54, 1.807) is 30.0 Å². The van der Waals surface area contributed by atoms with Gasteiger partial charge in [0.2, 0.25) is 0 Å². The molecule has 0 aliphatic carbocycles. The van der Waals surface area contributed by atoms with E-state index in [0.717, 1.165) is 0 Å². The highest BCUT2D eigenvalue weighted by molar-refractivity contribution is 5.98. The number of nitrogen functional groups attached to an aromatic ring is 1. The highest BCUT2D eigenvalue weighted by Gasteiger charge is 2.16. The lowest BCUT2D eigenvalue weighted by molar-refractivity contribution is 0.0527. The molecule has 0 aliphatic heterocycles. The SMILES string of the molecule is CCOC(=O)c1cccc(N(CCO)CCO)c1N. The first-order valence-corrected chi connectivity index (χ1v) is 6.18. The van der Waals surface area contributed by atoms with Gasteiger partial charge in [0, 0.05) is 13.1 Å². The third-order valence-electron chi connectivity index (χ3n) is 2.66. The fourth-order valence-corrected chi connectivity index (χ4v) is 1.81. The van der Waals surface area contributed by atoms with Crippen LogP contribution in [-0.2, 0) is 4.74 Å². The van der Waals surface area contributed by atoms with Gasteiger partial charge in [-0.15, -0.1) is 0 Å². The van der Waals surface area contributed by atoms with Crippen LogP contribution in [0.25, 0.3) is 0 Å². The van der Waals surface area contributed by atoms with Crippen LogP contribution in [0.3, 0.4) is 0 Å². The van der Waals surface area contributed by atoms with Gasteiger partial charge >= 0.3 is 5.97 Å². The van der Waals surface area contributed by atoms with Crippen LogP contribution in [0.4, 0.5) is 11.4 Å². The van der Waals surface area contributed by atoms with E-state index in [4.69, 9.17) is 20.7 Å². The zero-order valence-electron chi connectivity index (χ0n) is 11.0. The molecule has 0 unspecified atom stereocenters. The molecular weight excluding hydrogens is 248 g/mol. The minimum atomic E-state index is -0.477. The molecule has 0 spiro atoms. The Labute approximate surface area is 112 Å². The molecule has 0 aliphatic rings. The van der Waals surface area contributed by atoms with Gasteiger partial charge in [0.25, 0.3) is 0 Å². The molecule has 1 aromatic carbocycles. The first-order chi connectivity index (χ1) is 9.15. The molecule has 4 N–H and O–H groups in total. The van der Waals surface area contributed by atoms with E-state index in [1.165, 1.54) is 0 Å². The predicted octanol–water partition coefficient (Wildman–Crippen LogP) is 0.237. The van der Waals surface area contributed by atoms with E-state index in [2.05, 4.69) is 0 Å². The Hall–Kier alpha value is -1.79. The van der Waals surface area contributed by atoms with Crippen LogP contribution < -0.4 is 10.6 Å². The topological polar surface area (TPSA) is 96.0 Å². The summed E-state index contributed by atoms with van der Waals surface area (Å²) in [4.78, 5) is 13.5. The number of aliphatic hydroxyl groups is 2. The van der Waals surface area contributed by atoms with Crippen molar-refractivity contribution >= 4 is 17.3 Å². The standard InChI is InChI=1S/C13H20N2O4/c1-2-19-13(18)10-4-3-5-11(12(10)14)15(6-8-16)7-9-17/h3-5,16-17H,2,6-9,14H2,1H3. The molecule has 6 heteroatoms. The van der Waals surface area contributed by atoms with E-state index in [9.17, 15) is 4.79 Å². The molecule has 106 valence electrons. The maximum atomic E-state index is 11.7. The predicted molar refractivity (Wildman–Crippen MR) is 73.2 cm³/mol. The molecule has 1 rings (SSSR count). The number of nitrogens with zero attached hydrogens (tertiary/aromatic N) is 1. The minimum Gasteiger partial charge on any atom is -0.462 e. The zero-order valence-corrected chi connectivity index (χ0v) is 11.0. The monoisotopic (exact) mass is 268 g/mol. The lowest BCUT2D eigenvalue weighted by Gasteiger charge is -2.25. The van der Waals surface area contributed by atoms with Crippen molar-refractivity contribution in [3.05, 3.63) is 23.8 Å². The molecule has 0 amide bonds. The Kier molecular flexibility index (Phi) is 6.11. The van der Waals surface area contributed by atoms with E-state index < -0.39 is 5.97 Å². The van der Waals surface area contributed by atoms with Crippen molar-refractivity contribution in [1.29, 1.82) is 0 Å². The van der Waals surface area contributed by atoms with Crippen molar-refractivity contribution in [3.63, 3.8) is 0 Å². The average molecular weight is 268 g/mol. The number of carbonyl (C=O) groups is 1. The second-order valence-electron chi connectivity index (χ2n) is 3.89. The van der Waals surface area contributed by atoms with Crippen LogP contribution in [0.2, 0.25) is 0 Å². The van der Waals surface area contributed by atoms with Crippen LogP contribution in [0.15, 0.2) is 18.2 Å². The van der Waals surface area contributed by atoms with Gasteiger partial charge in [0.1, 0.15) is 0 Å². The molecule has 0 atom stereocenters. The lowest BCUT2D eigenvalue weighted by atomic mass is 10.1. The summed E-state index contributed by atoms with van der Waals surface area (Å²) in [5.41, 5.74) is 7.16. The molecule has 0 radical (unpaired) electrons. The summed E-state index contributed by atoms with van der Waals surface area (Å²) in [6.07, 6.45) is 0. The average Bonchev–Trinajstić information content (AvgIpc) is 2.39. The first kappa shape index (κ1) is 15.3. The van der Waals surface area contributed by atoms with Crippen LogP contribution in [0.5, 0.6) is 0 Å². The second-order valence-corrected chi connectivity index (χ2v) is 3.89. The van der Waals surface area contributed by atoms with Crippen LogP contribution in [-0.4, -0.2) is 49.1 Å². The van der Waals surface area contributed by atoms with Crippen LogP contribution in [0, 0.1) is 0 Å². The Morgan fingerprint density at radius 1 is 1.32 bits per heavy atom. The molecule has 1 aromatic rings. The summed E-state index contributed by atoms with van der Waals surface area (Å²) in [6.45, 7) is 2.53. The van der Waals surface area contributed by atoms with E-state index in [-0.39, 0.29) is 19.8 Å². The smallest absolute Gasteiger partial charge is 0.340 e. The number of esters is 1. The maximum absolute atomic E-state index is 11.7. The number of ether oxygens (including phenoxy) is 1. The van der Waals surface area contributed by atoms with E-state index in [0.29, 0.717) is 30.0 Å². The number of aliphatic hydroxyl groups excluding tert-OH is 2. The molecular formula is C13H20N2O4. The molecule has 6 nitrogen and oxygen atoms in total. The summed E-state index contributed by atoms with van der Waals surface area (Å²) in [5, 5.41) is 18.0. The quantitative estimate of drug-likeness (QED) is 0.484. The molecule has 19 heavy (non-hydrogen) atoms. The Morgan fingerprint density at radius 3 is 2.47 bits per heavy atom. The van der Waals surface area contributed by atoms with Gasteiger partial charge in [-0.25, -0.2) is 4.79 Å². The Morgan fingerprint density at radius 2 is 1.95 bits per heavy atom. The number of hydrogen-bond acceptors (Lipinski definition) is 6. The highest BCUT2D eigenvalue weighted by Crippen LogP contribution is 2.27. The van der Waals surface area contributed by atoms with Crippen molar-refractivity contribution in [1.82, 2.24) is 0 Å². The van der Waals surface area contributed by atoms with Gasteiger partial charge < -0.3 is 25.6 Å². The third-order valence-corrected chi connectivity index (χ3v) is 2.66. The van der Waals surface area contributed by atoms with Gasteiger partial charge in [-0.05, 0) is 19.1 Å². The number of carbonyl (C=O) groups excluding carboxylic acids is 1. The normalized spacial score (nSPS) is 10.3. The number of nitrogens with two attached hydrogens (primary N) is 1.